The van der Waals surface area contributed by atoms with Crippen molar-refractivity contribution in [1.82, 2.24) is 9.78 Å². The van der Waals surface area contributed by atoms with Crippen LogP contribution in [0.4, 0.5) is 0 Å². The van der Waals surface area contributed by atoms with Gasteiger partial charge >= 0.3 is 0 Å². The molecule has 0 aliphatic rings. The van der Waals surface area contributed by atoms with Crippen LogP contribution in [0, 0.1) is 0 Å². The standard InChI is InChI=1S/C11H13N3O/c1-14-8-11(7-13-14)15-10-4-2-3-9(5-10)6-12/h2-5,7-8H,6,12H2,1H3. The van der Waals surface area contributed by atoms with Gasteiger partial charge < -0.3 is 10.5 Å². The van der Waals surface area contributed by atoms with Gasteiger partial charge in [-0.3, -0.25) is 4.68 Å². The molecule has 0 aliphatic carbocycles. The highest BCUT2D eigenvalue weighted by Gasteiger charge is 1.99. The van der Waals surface area contributed by atoms with Crippen LogP contribution in [0.1, 0.15) is 5.56 Å². The van der Waals surface area contributed by atoms with Crippen molar-refractivity contribution < 1.29 is 4.74 Å². The molecule has 0 spiro atoms. The second-order valence-electron chi connectivity index (χ2n) is 3.30. The van der Waals surface area contributed by atoms with E-state index in [0.29, 0.717) is 6.54 Å². The molecule has 2 aromatic rings. The van der Waals surface area contributed by atoms with Crippen molar-refractivity contribution in [2.45, 2.75) is 6.54 Å². The Labute approximate surface area is 88.3 Å². The van der Waals surface area contributed by atoms with E-state index in [1.54, 1.807) is 10.9 Å². The summed E-state index contributed by atoms with van der Waals surface area (Å²) >= 11 is 0. The molecular weight excluding hydrogens is 190 g/mol. The van der Waals surface area contributed by atoms with Crippen molar-refractivity contribution in [3.8, 4) is 11.5 Å². The van der Waals surface area contributed by atoms with Gasteiger partial charge in [-0.05, 0) is 17.7 Å². The van der Waals surface area contributed by atoms with Crippen LogP contribution in [0.15, 0.2) is 36.7 Å². The first-order valence-corrected chi connectivity index (χ1v) is 4.73. The highest BCUT2D eigenvalue weighted by Crippen LogP contribution is 2.21. The Morgan fingerprint density at radius 2 is 2.27 bits per heavy atom. The fourth-order valence-electron chi connectivity index (χ4n) is 1.32. The maximum atomic E-state index is 5.60. The van der Waals surface area contributed by atoms with Gasteiger partial charge in [-0.2, -0.15) is 5.10 Å². The largest absolute Gasteiger partial charge is 0.454 e. The fourth-order valence-corrected chi connectivity index (χ4v) is 1.32. The van der Waals surface area contributed by atoms with Crippen LogP contribution in [0.2, 0.25) is 0 Å². The second-order valence-corrected chi connectivity index (χ2v) is 3.30. The molecule has 4 heteroatoms. The van der Waals surface area contributed by atoms with Crippen LogP contribution in [0.3, 0.4) is 0 Å². The van der Waals surface area contributed by atoms with Gasteiger partial charge in [0.15, 0.2) is 5.75 Å². The summed E-state index contributed by atoms with van der Waals surface area (Å²) < 4.78 is 7.30. The second kappa shape index (κ2) is 4.14. The maximum Gasteiger partial charge on any atom is 0.165 e. The third kappa shape index (κ3) is 2.35. The molecule has 1 aromatic heterocycles. The van der Waals surface area contributed by atoms with Gasteiger partial charge in [-0.1, -0.05) is 12.1 Å². The molecule has 0 saturated carbocycles. The molecule has 0 aliphatic heterocycles. The van der Waals surface area contributed by atoms with Gasteiger partial charge in [-0.25, -0.2) is 0 Å². The highest BCUT2D eigenvalue weighted by atomic mass is 16.5. The fraction of sp³-hybridized carbons (Fsp3) is 0.182. The van der Waals surface area contributed by atoms with Crippen LogP contribution >= 0.6 is 0 Å². The average molecular weight is 203 g/mol. The lowest BCUT2D eigenvalue weighted by Crippen LogP contribution is -1.95. The zero-order valence-electron chi connectivity index (χ0n) is 8.55. The van der Waals surface area contributed by atoms with Crippen molar-refractivity contribution in [1.29, 1.82) is 0 Å². The minimum Gasteiger partial charge on any atom is -0.454 e. The summed E-state index contributed by atoms with van der Waals surface area (Å²) in [6.07, 6.45) is 3.49. The Balaban J connectivity index is 2.16. The Morgan fingerprint density at radius 1 is 1.40 bits per heavy atom. The van der Waals surface area contributed by atoms with Gasteiger partial charge in [0, 0.05) is 13.6 Å². The third-order valence-electron chi connectivity index (χ3n) is 2.05. The molecule has 15 heavy (non-hydrogen) atoms. The summed E-state index contributed by atoms with van der Waals surface area (Å²) in [5.74, 6) is 1.51. The maximum absolute atomic E-state index is 5.60. The summed E-state index contributed by atoms with van der Waals surface area (Å²) in [5, 5.41) is 4.02. The van der Waals surface area contributed by atoms with Crippen molar-refractivity contribution in [3.63, 3.8) is 0 Å². The number of rotatable bonds is 3. The van der Waals surface area contributed by atoms with Gasteiger partial charge in [0.1, 0.15) is 5.75 Å². The van der Waals surface area contributed by atoms with E-state index in [2.05, 4.69) is 5.10 Å². The molecule has 4 nitrogen and oxygen atoms in total. The van der Waals surface area contributed by atoms with Crippen molar-refractivity contribution in [2.75, 3.05) is 0 Å². The zero-order valence-corrected chi connectivity index (χ0v) is 8.55. The van der Waals surface area contributed by atoms with Crippen LogP contribution < -0.4 is 10.5 Å². The number of benzene rings is 1. The van der Waals surface area contributed by atoms with Crippen LogP contribution in [0.5, 0.6) is 11.5 Å². The molecule has 2 rings (SSSR count). The van der Waals surface area contributed by atoms with E-state index in [4.69, 9.17) is 10.5 Å². The van der Waals surface area contributed by atoms with Crippen LogP contribution in [-0.4, -0.2) is 9.78 Å². The number of nitrogens with two attached hydrogens (primary N) is 1. The minimum atomic E-state index is 0.518. The summed E-state index contributed by atoms with van der Waals surface area (Å²) in [6, 6.07) is 7.71. The Kier molecular flexibility index (Phi) is 2.69. The smallest absolute Gasteiger partial charge is 0.165 e. The molecule has 0 atom stereocenters. The lowest BCUT2D eigenvalue weighted by molar-refractivity contribution is 0.481. The zero-order chi connectivity index (χ0) is 10.7. The predicted octanol–water partition coefficient (Wildman–Crippen LogP) is 1.67. The topological polar surface area (TPSA) is 53.1 Å². The van der Waals surface area contributed by atoms with Gasteiger partial charge in [0.2, 0.25) is 0 Å². The molecule has 0 bridgehead atoms. The Hall–Kier alpha value is -1.81. The number of aryl methyl sites for hydroxylation is 1. The SMILES string of the molecule is Cn1cc(Oc2cccc(CN)c2)cn1. The predicted molar refractivity (Wildman–Crippen MR) is 57.6 cm³/mol. The Morgan fingerprint density at radius 3 is 2.93 bits per heavy atom. The monoisotopic (exact) mass is 203 g/mol. The Bertz CT molecular complexity index is 451. The molecule has 0 fully saturated rings. The van der Waals surface area contributed by atoms with Crippen LogP contribution in [0.25, 0.3) is 0 Å². The molecule has 0 amide bonds. The molecular formula is C11H13N3O. The average Bonchev–Trinajstić information content (AvgIpc) is 2.64. The van der Waals surface area contributed by atoms with E-state index < -0.39 is 0 Å². The number of ether oxygens (including phenoxy) is 1. The molecule has 0 unspecified atom stereocenters. The third-order valence-corrected chi connectivity index (χ3v) is 2.05. The highest BCUT2D eigenvalue weighted by molar-refractivity contribution is 5.32. The lowest BCUT2D eigenvalue weighted by atomic mass is 10.2. The quantitative estimate of drug-likeness (QED) is 0.825. The van der Waals surface area contributed by atoms with E-state index in [9.17, 15) is 0 Å². The normalized spacial score (nSPS) is 10.3. The first kappa shape index (κ1) is 9.73. The van der Waals surface area contributed by atoms with Crippen LogP contribution in [-0.2, 0) is 13.6 Å². The van der Waals surface area contributed by atoms with E-state index in [0.717, 1.165) is 17.1 Å². The number of aromatic nitrogens is 2. The summed E-state index contributed by atoms with van der Waals surface area (Å²) in [4.78, 5) is 0. The van der Waals surface area contributed by atoms with E-state index in [1.807, 2.05) is 37.5 Å². The number of hydrogen-bond donors (Lipinski definition) is 1. The van der Waals surface area contributed by atoms with E-state index in [-0.39, 0.29) is 0 Å². The van der Waals surface area contributed by atoms with Gasteiger partial charge in [0.25, 0.3) is 0 Å². The summed E-state index contributed by atoms with van der Waals surface area (Å²) in [5.41, 5.74) is 6.60. The number of nitrogens with zero attached hydrogens (tertiary/aromatic N) is 2. The molecule has 0 saturated heterocycles. The summed E-state index contributed by atoms with van der Waals surface area (Å²) in [6.45, 7) is 0.518. The lowest BCUT2D eigenvalue weighted by Gasteiger charge is -2.03. The first-order valence-electron chi connectivity index (χ1n) is 4.73. The van der Waals surface area contributed by atoms with E-state index in [1.165, 1.54) is 0 Å². The van der Waals surface area contributed by atoms with E-state index >= 15 is 0 Å². The number of hydrogen-bond acceptors (Lipinski definition) is 3. The van der Waals surface area contributed by atoms with Crippen molar-refractivity contribution >= 4 is 0 Å². The first-order chi connectivity index (χ1) is 7.28. The minimum absolute atomic E-state index is 0.518. The molecule has 1 heterocycles. The molecule has 0 radical (unpaired) electrons. The summed E-state index contributed by atoms with van der Waals surface area (Å²) in [7, 11) is 1.85. The van der Waals surface area contributed by atoms with Gasteiger partial charge in [0.05, 0.1) is 12.4 Å². The van der Waals surface area contributed by atoms with Crippen molar-refractivity contribution in [2.24, 2.45) is 12.8 Å². The molecule has 1 aromatic carbocycles. The van der Waals surface area contributed by atoms with Gasteiger partial charge in [-0.15, -0.1) is 0 Å². The molecule has 2 N–H and O–H groups in total. The van der Waals surface area contributed by atoms with Crippen molar-refractivity contribution in [3.05, 3.63) is 42.2 Å². The molecule has 78 valence electrons.